The van der Waals surface area contributed by atoms with E-state index in [2.05, 4.69) is 0 Å². The Balaban J connectivity index is 2.14. The Bertz CT molecular complexity index is 351. The molecule has 6 nitrogen and oxygen atoms in total. The molecule has 0 aliphatic carbocycles. The average molecular weight is 270 g/mol. The van der Waals surface area contributed by atoms with Crippen LogP contribution in [0.5, 0.6) is 0 Å². The molecule has 0 aromatic rings. The van der Waals surface area contributed by atoms with Crippen LogP contribution < -0.4 is 0 Å². The molecule has 0 aromatic heterocycles. The summed E-state index contributed by atoms with van der Waals surface area (Å²) in [5.74, 6) is -0.995. The molecular weight excluding hydrogens is 248 g/mol. The molecule has 2 heterocycles. The van der Waals surface area contributed by atoms with Crippen molar-refractivity contribution < 1.29 is 19.4 Å². The van der Waals surface area contributed by atoms with E-state index >= 15 is 0 Å². The second-order valence-corrected chi connectivity index (χ2v) is 5.44. The molecule has 0 radical (unpaired) electrons. The molecule has 0 aromatic carbocycles. The number of carbonyl (C=O) groups is 2. The lowest BCUT2D eigenvalue weighted by atomic mass is 9.98. The van der Waals surface area contributed by atoms with Gasteiger partial charge in [0.2, 0.25) is 0 Å². The number of morpholine rings is 1. The second kappa shape index (κ2) is 5.77. The molecule has 0 saturated carbocycles. The quantitative estimate of drug-likeness (QED) is 0.776. The van der Waals surface area contributed by atoms with Gasteiger partial charge in [-0.3, -0.25) is 0 Å². The van der Waals surface area contributed by atoms with Gasteiger partial charge in [0.05, 0.1) is 13.2 Å². The zero-order valence-corrected chi connectivity index (χ0v) is 11.5. The van der Waals surface area contributed by atoms with Crippen molar-refractivity contribution in [3.63, 3.8) is 0 Å². The maximum atomic E-state index is 12.6. The molecule has 3 atom stereocenters. The largest absolute Gasteiger partial charge is 0.480 e. The van der Waals surface area contributed by atoms with Gasteiger partial charge in [0.25, 0.3) is 0 Å². The van der Waals surface area contributed by atoms with E-state index in [1.165, 1.54) is 4.90 Å². The SMILES string of the molecule is CC1CCCC(C)N1C(=O)N1CCOCC1C(=O)O. The number of carboxylic acids is 1. The Labute approximate surface area is 113 Å². The number of amides is 2. The van der Waals surface area contributed by atoms with Crippen molar-refractivity contribution in [1.29, 1.82) is 0 Å². The normalized spacial score (nSPS) is 32.2. The van der Waals surface area contributed by atoms with Crippen molar-refractivity contribution in [2.45, 2.75) is 51.2 Å². The molecule has 2 amide bonds. The fourth-order valence-electron chi connectivity index (χ4n) is 2.98. The van der Waals surface area contributed by atoms with Crippen LogP contribution >= 0.6 is 0 Å². The van der Waals surface area contributed by atoms with Gasteiger partial charge < -0.3 is 19.6 Å². The van der Waals surface area contributed by atoms with E-state index in [-0.39, 0.29) is 24.7 Å². The molecule has 1 N–H and O–H groups in total. The highest BCUT2D eigenvalue weighted by Gasteiger charge is 2.38. The van der Waals surface area contributed by atoms with Crippen LogP contribution in [0.2, 0.25) is 0 Å². The maximum absolute atomic E-state index is 12.6. The second-order valence-electron chi connectivity index (χ2n) is 5.44. The molecule has 19 heavy (non-hydrogen) atoms. The Kier molecular flexibility index (Phi) is 4.29. The zero-order chi connectivity index (χ0) is 14.0. The van der Waals surface area contributed by atoms with Crippen LogP contribution in [0.3, 0.4) is 0 Å². The third kappa shape index (κ3) is 2.83. The van der Waals surface area contributed by atoms with E-state index in [0.29, 0.717) is 13.2 Å². The summed E-state index contributed by atoms with van der Waals surface area (Å²) in [5.41, 5.74) is 0. The number of aliphatic carboxylic acids is 1. The number of rotatable bonds is 1. The number of piperidine rings is 1. The van der Waals surface area contributed by atoms with Crippen molar-refractivity contribution in [3.05, 3.63) is 0 Å². The van der Waals surface area contributed by atoms with Crippen LogP contribution in [0.15, 0.2) is 0 Å². The average Bonchev–Trinajstić information content (AvgIpc) is 2.38. The molecular formula is C13H22N2O4. The minimum absolute atomic E-state index is 0.0810. The summed E-state index contributed by atoms with van der Waals surface area (Å²) < 4.78 is 5.17. The molecule has 2 saturated heterocycles. The van der Waals surface area contributed by atoms with E-state index in [1.807, 2.05) is 18.7 Å². The molecule has 6 heteroatoms. The van der Waals surface area contributed by atoms with E-state index in [9.17, 15) is 14.7 Å². The highest BCUT2D eigenvalue weighted by atomic mass is 16.5. The number of nitrogens with zero attached hydrogens (tertiary/aromatic N) is 2. The van der Waals surface area contributed by atoms with Crippen molar-refractivity contribution in [2.75, 3.05) is 19.8 Å². The van der Waals surface area contributed by atoms with Crippen LogP contribution in [0.4, 0.5) is 4.79 Å². The van der Waals surface area contributed by atoms with Gasteiger partial charge in [0.15, 0.2) is 6.04 Å². The lowest BCUT2D eigenvalue weighted by Crippen LogP contribution is -2.60. The third-order valence-electron chi connectivity index (χ3n) is 4.07. The fraction of sp³-hybridized carbons (Fsp3) is 0.846. The fourth-order valence-corrected chi connectivity index (χ4v) is 2.98. The van der Waals surface area contributed by atoms with Gasteiger partial charge in [0.1, 0.15) is 0 Å². The topological polar surface area (TPSA) is 70.1 Å². The summed E-state index contributed by atoms with van der Waals surface area (Å²) in [7, 11) is 0. The van der Waals surface area contributed by atoms with Crippen LogP contribution in [0.1, 0.15) is 33.1 Å². The number of likely N-dealkylation sites (tertiary alicyclic amines) is 1. The number of carboxylic acid groups (broad SMARTS) is 1. The Morgan fingerprint density at radius 1 is 1.21 bits per heavy atom. The van der Waals surface area contributed by atoms with Crippen molar-refractivity contribution in [2.24, 2.45) is 0 Å². The molecule has 2 aliphatic heterocycles. The van der Waals surface area contributed by atoms with Crippen LogP contribution in [-0.2, 0) is 9.53 Å². The molecule has 3 unspecified atom stereocenters. The molecule has 2 rings (SSSR count). The Morgan fingerprint density at radius 3 is 2.42 bits per heavy atom. The first-order valence-corrected chi connectivity index (χ1v) is 6.92. The van der Waals surface area contributed by atoms with Crippen LogP contribution in [-0.4, -0.2) is 64.8 Å². The Morgan fingerprint density at radius 2 is 1.84 bits per heavy atom. The van der Waals surface area contributed by atoms with Gasteiger partial charge in [-0.15, -0.1) is 0 Å². The Hall–Kier alpha value is -1.30. The molecule has 0 spiro atoms. The lowest BCUT2D eigenvalue weighted by molar-refractivity contribution is -0.148. The third-order valence-corrected chi connectivity index (χ3v) is 4.07. The number of hydrogen-bond acceptors (Lipinski definition) is 3. The van der Waals surface area contributed by atoms with E-state index < -0.39 is 12.0 Å². The summed E-state index contributed by atoms with van der Waals surface area (Å²) in [4.78, 5) is 27.1. The predicted octanol–water partition coefficient (Wildman–Crippen LogP) is 1.15. The molecule has 0 bridgehead atoms. The smallest absolute Gasteiger partial charge is 0.328 e. The number of ether oxygens (including phenoxy) is 1. The van der Waals surface area contributed by atoms with E-state index in [0.717, 1.165) is 19.3 Å². The standard InChI is InChI=1S/C13H22N2O4/c1-9-4-3-5-10(2)15(9)13(18)14-6-7-19-8-11(14)12(16)17/h9-11H,3-8H2,1-2H3,(H,16,17). The van der Waals surface area contributed by atoms with Gasteiger partial charge in [-0.2, -0.15) is 0 Å². The highest BCUT2D eigenvalue weighted by molar-refractivity contribution is 5.83. The number of urea groups is 1. The van der Waals surface area contributed by atoms with Crippen LogP contribution in [0, 0.1) is 0 Å². The summed E-state index contributed by atoms with van der Waals surface area (Å²) in [6.07, 6.45) is 3.09. The maximum Gasteiger partial charge on any atom is 0.328 e. The minimum atomic E-state index is -0.995. The van der Waals surface area contributed by atoms with Crippen LogP contribution in [0.25, 0.3) is 0 Å². The first-order chi connectivity index (χ1) is 9.02. The lowest BCUT2D eigenvalue weighted by Gasteiger charge is -2.44. The molecule has 2 fully saturated rings. The van der Waals surface area contributed by atoms with Crippen molar-refractivity contribution in [3.8, 4) is 0 Å². The van der Waals surface area contributed by atoms with Gasteiger partial charge in [0, 0.05) is 18.6 Å². The summed E-state index contributed by atoms with van der Waals surface area (Å²) in [6.45, 7) is 4.91. The predicted molar refractivity (Wildman–Crippen MR) is 69.0 cm³/mol. The van der Waals surface area contributed by atoms with Gasteiger partial charge in [-0.05, 0) is 33.1 Å². The van der Waals surface area contributed by atoms with Gasteiger partial charge in [-0.25, -0.2) is 9.59 Å². The van der Waals surface area contributed by atoms with Crippen molar-refractivity contribution >= 4 is 12.0 Å². The highest BCUT2D eigenvalue weighted by Crippen LogP contribution is 2.25. The minimum Gasteiger partial charge on any atom is -0.480 e. The van der Waals surface area contributed by atoms with E-state index in [4.69, 9.17) is 4.74 Å². The van der Waals surface area contributed by atoms with Gasteiger partial charge in [-0.1, -0.05) is 0 Å². The molecule has 108 valence electrons. The number of hydrogen-bond donors (Lipinski definition) is 1. The number of carbonyl (C=O) groups excluding carboxylic acids is 1. The summed E-state index contributed by atoms with van der Waals surface area (Å²) >= 11 is 0. The zero-order valence-electron chi connectivity index (χ0n) is 11.5. The van der Waals surface area contributed by atoms with Crippen molar-refractivity contribution in [1.82, 2.24) is 9.80 Å². The van der Waals surface area contributed by atoms with Gasteiger partial charge >= 0.3 is 12.0 Å². The first kappa shape index (κ1) is 14.1. The summed E-state index contributed by atoms with van der Waals surface area (Å²) in [6, 6.07) is -0.667. The molecule has 2 aliphatic rings. The monoisotopic (exact) mass is 270 g/mol. The summed E-state index contributed by atoms with van der Waals surface area (Å²) in [5, 5.41) is 9.20. The first-order valence-electron chi connectivity index (χ1n) is 6.92. The van der Waals surface area contributed by atoms with E-state index in [1.54, 1.807) is 0 Å².